The SMILES string of the molecule is CCOC(=O)c1ccc(C)[nH]1.CCOC(=O)c1ccc(C)n1N. The number of hydrogen-bond donors (Lipinski definition) is 2. The van der Waals surface area contributed by atoms with Crippen molar-refractivity contribution < 1.29 is 19.1 Å². The number of nitrogen functional groups attached to an aromatic ring is 1. The summed E-state index contributed by atoms with van der Waals surface area (Å²) >= 11 is 0. The molecule has 126 valence electrons. The Kier molecular flexibility index (Phi) is 6.92. The van der Waals surface area contributed by atoms with Gasteiger partial charge in [0.2, 0.25) is 0 Å². The van der Waals surface area contributed by atoms with E-state index < -0.39 is 0 Å². The van der Waals surface area contributed by atoms with Gasteiger partial charge < -0.3 is 20.3 Å². The Labute approximate surface area is 135 Å². The molecule has 0 radical (unpaired) electrons. The van der Waals surface area contributed by atoms with Crippen LogP contribution in [0.15, 0.2) is 24.3 Å². The second-order valence-corrected chi connectivity index (χ2v) is 4.73. The molecule has 0 aliphatic rings. The van der Waals surface area contributed by atoms with Crippen LogP contribution in [0, 0.1) is 13.8 Å². The van der Waals surface area contributed by atoms with Crippen LogP contribution in [0.25, 0.3) is 0 Å². The smallest absolute Gasteiger partial charge is 0.356 e. The Morgan fingerprint density at radius 2 is 1.65 bits per heavy atom. The zero-order valence-electron chi connectivity index (χ0n) is 13.9. The van der Waals surface area contributed by atoms with Gasteiger partial charge in [-0.05, 0) is 52.0 Å². The van der Waals surface area contributed by atoms with Gasteiger partial charge in [0.05, 0.1) is 13.2 Å². The zero-order chi connectivity index (χ0) is 17.4. The first-order valence-corrected chi connectivity index (χ1v) is 7.33. The molecule has 7 heteroatoms. The van der Waals surface area contributed by atoms with Crippen molar-refractivity contribution in [1.29, 1.82) is 0 Å². The Hall–Kier alpha value is -2.70. The zero-order valence-corrected chi connectivity index (χ0v) is 13.9. The number of aryl methyl sites for hydroxylation is 2. The molecule has 0 fully saturated rings. The molecule has 0 saturated carbocycles. The third kappa shape index (κ3) is 5.21. The van der Waals surface area contributed by atoms with Gasteiger partial charge in [-0.25, -0.2) is 9.59 Å². The number of carbonyl (C=O) groups excluding carboxylic acids is 2. The molecule has 0 aromatic carbocycles. The minimum Gasteiger partial charge on any atom is -0.461 e. The third-order valence-corrected chi connectivity index (χ3v) is 2.93. The van der Waals surface area contributed by atoms with Crippen molar-refractivity contribution in [1.82, 2.24) is 9.66 Å². The monoisotopic (exact) mass is 321 g/mol. The Balaban J connectivity index is 0.000000231. The second kappa shape index (κ2) is 8.67. The second-order valence-electron chi connectivity index (χ2n) is 4.73. The average Bonchev–Trinajstić information content (AvgIpc) is 3.08. The first-order chi connectivity index (χ1) is 10.9. The molecular weight excluding hydrogens is 298 g/mol. The van der Waals surface area contributed by atoms with E-state index >= 15 is 0 Å². The maximum atomic E-state index is 11.2. The number of hydrogen-bond acceptors (Lipinski definition) is 5. The molecule has 2 aromatic rings. The summed E-state index contributed by atoms with van der Waals surface area (Å²) in [5.41, 5.74) is 2.70. The Morgan fingerprint density at radius 3 is 2.09 bits per heavy atom. The molecule has 2 aromatic heterocycles. The molecule has 0 saturated heterocycles. The summed E-state index contributed by atoms with van der Waals surface area (Å²) in [6, 6.07) is 6.97. The van der Waals surface area contributed by atoms with Crippen molar-refractivity contribution in [3.63, 3.8) is 0 Å². The van der Waals surface area contributed by atoms with Gasteiger partial charge in [-0.2, -0.15) is 0 Å². The van der Waals surface area contributed by atoms with E-state index in [0.29, 0.717) is 24.6 Å². The van der Waals surface area contributed by atoms with Crippen molar-refractivity contribution in [2.45, 2.75) is 27.7 Å². The van der Waals surface area contributed by atoms with Crippen LogP contribution in [-0.4, -0.2) is 34.8 Å². The highest BCUT2D eigenvalue weighted by atomic mass is 16.5. The van der Waals surface area contributed by atoms with E-state index in [1.807, 2.05) is 19.9 Å². The number of aromatic amines is 1. The molecule has 0 bridgehead atoms. The number of esters is 2. The molecular formula is C16H23N3O4. The molecule has 0 amide bonds. The summed E-state index contributed by atoms with van der Waals surface area (Å²) in [4.78, 5) is 25.0. The summed E-state index contributed by atoms with van der Waals surface area (Å²) in [6.07, 6.45) is 0. The minimum atomic E-state index is -0.381. The summed E-state index contributed by atoms with van der Waals surface area (Å²) in [6.45, 7) is 8.04. The van der Waals surface area contributed by atoms with Crippen LogP contribution in [0.3, 0.4) is 0 Å². The fourth-order valence-electron chi connectivity index (χ4n) is 1.75. The molecule has 0 atom stereocenters. The quantitative estimate of drug-likeness (QED) is 0.664. The van der Waals surface area contributed by atoms with E-state index in [2.05, 4.69) is 4.98 Å². The van der Waals surface area contributed by atoms with E-state index in [1.165, 1.54) is 4.68 Å². The lowest BCUT2D eigenvalue weighted by molar-refractivity contribution is 0.0508. The van der Waals surface area contributed by atoms with Crippen molar-refractivity contribution in [2.75, 3.05) is 19.1 Å². The normalized spacial score (nSPS) is 9.74. The molecule has 0 aliphatic carbocycles. The molecule has 3 N–H and O–H groups in total. The lowest BCUT2D eigenvalue weighted by Crippen LogP contribution is -2.19. The predicted molar refractivity (Wildman–Crippen MR) is 86.8 cm³/mol. The van der Waals surface area contributed by atoms with Crippen LogP contribution >= 0.6 is 0 Å². The van der Waals surface area contributed by atoms with Crippen molar-refractivity contribution in [2.24, 2.45) is 0 Å². The van der Waals surface area contributed by atoms with Crippen LogP contribution in [0.2, 0.25) is 0 Å². The van der Waals surface area contributed by atoms with Gasteiger partial charge >= 0.3 is 11.9 Å². The maximum Gasteiger partial charge on any atom is 0.356 e. The molecule has 2 heterocycles. The van der Waals surface area contributed by atoms with E-state index in [4.69, 9.17) is 15.3 Å². The third-order valence-electron chi connectivity index (χ3n) is 2.93. The van der Waals surface area contributed by atoms with E-state index in [0.717, 1.165) is 11.4 Å². The molecule has 2 rings (SSSR count). The summed E-state index contributed by atoms with van der Waals surface area (Å²) < 4.78 is 10.9. The lowest BCUT2D eigenvalue weighted by atomic mass is 10.4. The number of nitrogens with zero attached hydrogens (tertiary/aromatic N) is 1. The van der Waals surface area contributed by atoms with E-state index in [1.54, 1.807) is 32.0 Å². The number of ether oxygens (including phenoxy) is 2. The van der Waals surface area contributed by atoms with Gasteiger partial charge in [-0.3, -0.25) is 4.68 Å². The Bertz CT molecular complexity index is 658. The molecule has 23 heavy (non-hydrogen) atoms. The van der Waals surface area contributed by atoms with Crippen LogP contribution < -0.4 is 5.84 Å². The standard InChI is InChI=1S/C8H12N2O2.C8H11NO2/c1-3-12-8(11)7-5-4-6(2)10(7)9;1-3-11-8(10)7-5-4-6(2)9-7/h4-5H,3,9H2,1-2H3;4-5,9H,3H2,1-2H3. The number of nitrogens with two attached hydrogens (primary N) is 1. The van der Waals surface area contributed by atoms with E-state index in [9.17, 15) is 9.59 Å². The van der Waals surface area contributed by atoms with Gasteiger partial charge in [-0.1, -0.05) is 0 Å². The maximum absolute atomic E-state index is 11.2. The highest BCUT2D eigenvalue weighted by Gasteiger charge is 2.11. The number of H-pyrrole nitrogens is 1. The van der Waals surface area contributed by atoms with Gasteiger partial charge in [0, 0.05) is 11.4 Å². The van der Waals surface area contributed by atoms with Crippen molar-refractivity contribution >= 4 is 11.9 Å². The largest absolute Gasteiger partial charge is 0.461 e. The summed E-state index contributed by atoms with van der Waals surface area (Å²) in [5.74, 6) is 4.88. The highest BCUT2D eigenvalue weighted by Crippen LogP contribution is 2.05. The van der Waals surface area contributed by atoms with Crippen LogP contribution in [0.1, 0.15) is 46.2 Å². The lowest BCUT2D eigenvalue weighted by Gasteiger charge is -2.03. The predicted octanol–water partition coefficient (Wildman–Crippen LogP) is 2.19. The summed E-state index contributed by atoms with van der Waals surface area (Å²) in [7, 11) is 0. The number of carbonyl (C=O) groups is 2. The minimum absolute atomic E-state index is 0.291. The van der Waals surface area contributed by atoms with E-state index in [-0.39, 0.29) is 11.9 Å². The fourth-order valence-corrected chi connectivity index (χ4v) is 1.75. The highest BCUT2D eigenvalue weighted by molar-refractivity contribution is 5.88. The van der Waals surface area contributed by atoms with Gasteiger partial charge in [-0.15, -0.1) is 0 Å². The van der Waals surface area contributed by atoms with Crippen molar-refractivity contribution in [3.8, 4) is 0 Å². The van der Waals surface area contributed by atoms with Gasteiger partial charge in [0.25, 0.3) is 0 Å². The fraction of sp³-hybridized carbons (Fsp3) is 0.375. The van der Waals surface area contributed by atoms with Crippen molar-refractivity contribution in [3.05, 3.63) is 47.0 Å². The molecule has 7 nitrogen and oxygen atoms in total. The Morgan fingerprint density at radius 1 is 1.04 bits per heavy atom. The number of rotatable bonds is 4. The number of nitrogens with one attached hydrogen (secondary N) is 1. The molecule has 0 spiro atoms. The first kappa shape index (κ1) is 18.3. The summed E-state index contributed by atoms with van der Waals surface area (Å²) in [5, 5.41) is 0. The van der Waals surface area contributed by atoms with Crippen LogP contribution in [0.5, 0.6) is 0 Å². The number of aromatic nitrogens is 2. The molecule has 0 aliphatic heterocycles. The van der Waals surface area contributed by atoms with Crippen LogP contribution in [0.4, 0.5) is 0 Å². The first-order valence-electron chi connectivity index (χ1n) is 7.33. The topological polar surface area (TPSA) is 99.3 Å². The van der Waals surface area contributed by atoms with Gasteiger partial charge in [0.15, 0.2) is 0 Å². The van der Waals surface area contributed by atoms with Gasteiger partial charge in [0.1, 0.15) is 11.4 Å². The van der Waals surface area contributed by atoms with Crippen LogP contribution in [-0.2, 0) is 9.47 Å². The molecule has 0 unspecified atom stereocenters. The average molecular weight is 321 g/mol.